The van der Waals surface area contributed by atoms with Crippen molar-refractivity contribution in [3.05, 3.63) is 70.8 Å². The van der Waals surface area contributed by atoms with Gasteiger partial charge >= 0.3 is 0 Å². The summed E-state index contributed by atoms with van der Waals surface area (Å²) in [4.78, 5) is 12.2. The Bertz CT molecular complexity index is 1120. The molecule has 0 aliphatic rings. The maximum Gasteiger partial charge on any atom is 0.277 e. The van der Waals surface area contributed by atoms with Crippen LogP contribution in [0.1, 0.15) is 0 Å². The van der Waals surface area contributed by atoms with Gasteiger partial charge in [0, 0.05) is 22.1 Å². The van der Waals surface area contributed by atoms with Gasteiger partial charge in [0.25, 0.3) is 5.69 Å². The molecule has 0 amide bonds. The summed E-state index contributed by atoms with van der Waals surface area (Å²) in [6.07, 6.45) is 2.04. The summed E-state index contributed by atoms with van der Waals surface area (Å²) in [5.41, 5.74) is 4.89. The lowest BCUT2D eigenvalue weighted by atomic mass is 9.97. The molecule has 26 heavy (non-hydrogen) atoms. The van der Waals surface area contributed by atoms with E-state index in [2.05, 4.69) is 20.9 Å². The highest BCUT2D eigenvalue weighted by atomic mass is 32.2. The first-order chi connectivity index (χ1) is 12.7. The molecule has 0 unspecified atom stereocenters. The Morgan fingerprint density at radius 2 is 1.42 bits per heavy atom. The van der Waals surface area contributed by atoms with Crippen LogP contribution in [0.15, 0.2) is 65.6 Å². The lowest BCUT2D eigenvalue weighted by molar-refractivity contribution is -0.384. The Balaban J connectivity index is 1.98. The van der Waals surface area contributed by atoms with Gasteiger partial charge in [0.05, 0.1) is 22.2 Å². The van der Waals surface area contributed by atoms with Crippen LogP contribution in [0.3, 0.4) is 0 Å². The molecule has 0 radical (unpaired) electrons. The number of nitro benzene ring substituents is 1. The van der Waals surface area contributed by atoms with Gasteiger partial charge in [0.15, 0.2) is 0 Å². The Morgan fingerprint density at radius 3 is 2.08 bits per heavy atom. The van der Waals surface area contributed by atoms with Gasteiger partial charge in [-0.3, -0.25) is 10.1 Å². The molecule has 0 N–H and O–H groups in total. The summed E-state index contributed by atoms with van der Waals surface area (Å²) in [5, 5.41) is 11.4. The zero-order chi connectivity index (χ0) is 18.1. The van der Waals surface area contributed by atoms with Crippen LogP contribution in [0.25, 0.3) is 33.3 Å². The van der Waals surface area contributed by atoms with Crippen LogP contribution in [0.4, 0.5) is 5.69 Å². The second kappa shape index (κ2) is 6.86. The van der Waals surface area contributed by atoms with Crippen molar-refractivity contribution in [2.45, 2.75) is 4.90 Å². The number of fused-ring (bicyclic) bond motifs is 1. The van der Waals surface area contributed by atoms with Crippen LogP contribution in [0, 0.1) is 10.1 Å². The average molecular weight is 379 g/mol. The molecular formula is C19H13N3O2S2. The van der Waals surface area contributed by atoms with Gasteiger partial charge in [-0.15, -0.1) is 11.8 Å². The van der Waals surface area contributed by atoms with E-state index in [1.54, 1.807) is 30.0 Å². The van der Waals surface area contributed by atoms with E-state index in [0.717, 1.165) is 38.8 Å². The first-order valence-electron chi connectivity index (χ1n) is 7.83. The Labute approximate surface area is 158 Å². The molecule has 0 aliphatic heterocycles. The standard InChI is InChI=1S/C19H13N3O2S2/c1-25-17-9-5-3-7-13(17)15-11-10-14(18-19(15)21-26-20-18)12-6-2-4-8-16(12)22(23)24/h2-11H,1H3. The van der Waals surface area contributed by atoms with E-state index in [4.69, 9.17) is 0 Å². The molecule has 3 aromatic carbocycles. The van der Waals surface area contributed by atoms with Crippen molar-refractivity contribution in [3.63, 3.8) is 0 Å². The third-order valence-corrected chi connectivity index (χ3v) is 5.53. The van der Waals surface area contributed by atoms with Crippen LogP contribution in [-0.2, 0) is 0 Å². The van der Waals surface area contributed by atoms with Crippen molar-refractivity contribution in [3.8, 4) is 22.3 Å². The number of rotatable bonds is 4. The van der Waals surface area contributed by atoms with E-state index >= 15 is 0 Å². The van der Waals surface area contributed by atoms with E-state index in [9.17, 15) is 10.1 Å². The number of benzene rings is 3. The number of nitrogens with zero attached hydrogens (tertiary/aromatic N) is 3. The summed E-state index contributed by atoms with van der Waals surface area (Å²) in [7, 11) is 0. The van der Waals surface area contributed by atoms with Crippen molar-refractivity contribution in [2.75, 3.05) is 6.26 Å². The van der Waals surface area contributed by atoms with E-state index in [-0.39, 0.29) is 10.6 Å². The second-order valence-electron chi connectivity index (χ2n) is 5.60. The topological polar surface area (TPSA) is 68.9 Å². The average Bonchev–Trinajstić information content (AvgIpc) is 3.17. The highest BCUT2D eigenvalue weighted by Gasteiger charge is 2.20. The van der Waals surface area contributed by atoms with Gasteiger partial charge in [0.2, 0.25) is 0 Å². The molecule has 0 spiro atoms. The maximum absolute atomic E-state index is 11.4. The Hall–Kier alpha value is -2.77. The van der Waals surface area contributed by atoms with E-state index in [0.29, 0.717) is 11.1 Å². The molecule has 0 bridgehead atoms. The van der Waals surface area contributed by atoms with Crippen LogP contribution in [0.2, 0.25) is 0 Å². The minimum absolute atomic E-state index is 0.0686. The number of thioether (sulfide) groups is 1. The zero-order valence-electron chi connectivity index (χ0n) is 13.7. The predicted molar refractivity (Wildman–Crippen MR) is 107 cm³/mol. The molecule has 1 aromatic heterocycles. The van der Waals surface area contributed by atoms with Crippen molar-refractivity contribution in [2.24, 2.45) is 0 Å². The summed E-state index contributed by atoms with van der Waals surface area (Å²) < 4.78 is 8.92. The van der Waals surface area contributed by atoms with Gasteiger partial charge < -0.3 is 0 Å². The second-order valence-corrected chi connectivity index (χ2v) is 6.97. The summed E-state index contributed by atoms with van der Waals surface area (Å²) in [5.74, 6) is 0. The lowest BCUT2D eigenvalue weighted by Crippen LogP contribution is -1.93. The molecular weight excluding hydrogens is 366 g/mol. The number of nitro groups is 1. The molecule has 0 aliphatic carbocycles. The van der Waals surface area contributed by atoms with Crippen molar-refractivity contribution >= 4 is 40.2 Å². The fraction of sp³-hybridized carbons (Fsp3) is 0.0526. The van der Waals surface area contributed by atoms with Gasteiger partial charge in [-0.05, 0) is 24.0 Å². The highest BCUT2D eigenvalue weighted by molar-refractivity contribution is 7.98. The van der Waals surface area contributed by atoms with Gasteiger partial charge in [-0.2, -0.15) is 8.75 Å². The maximum atomic E-state index is 11.4. The molecule has 4 aromatic rings. The van der Waals surface area contributed by atoms with Crippen molar-refractivity contribution in [1.29, 1.82) is 0 Å². The fourth-order valence-electron chi connectivity index (χ4n) is 3.03. The largest absolute Gasteiger partial charge is 0.277 e. The van der Waals surface area contributed by atoms with Crippen LogP contribution >= 0.6 is 23.5 Å². The first-order valence-corrected chi connectivity index (χ1v) is 9.78. The monoisotopic (exact) mass is 379 g/mol. The predicted octanol–water partition coefficient (Wildman–Crippen LogP) is 5.66. The lowest BCUT2D eigenvalue weighted by Gasteiger charge is -2.10. The SMILES string of the molecule is CSc1ccccc1-c1ccc(-c2ccccc2[N+](=O)[O-])c2nsnc12. The normalized spacial score (nSPS) is 11.0. The molecule has 4 rings (SSSR count). The fourth-order valence-corrected chi connectivity index (χ4v) is 4.22. The molecule has 5 nitrogen and oxygen atoms in total. The summed E-state index contributed by atoms with van der Waals surface area (Å²) >= 11 is 2.80. The smallest absolute Gasteiger partial charge is 0.258 e. The third-order valence-electron chi connectivity index (χ3n) is 4.20. The van der Waals surface area contributed by atoms with Crippen LogP contribution < -0.4 is 0 Å². The number of para-hydroxylation sites is 1. The van der Waals surface area contributed by atoms with E-state index in [1.807, 2.05) is 30.5 Å². The molecule has 0 fully saturated rings. The third kappa shape index (κ3) is 2.75. The molecule has 0 saturated heterocycles. The zero-order valence-corrected chi connectivity index (χ0v) is 15.4. The first kappa shape index (κ1) is 16.7. The van der Waals surface area contributed by atoms with Gasteiger partial charge in [0.1, 0.15) is 11.0 Å². The van der Waals surface area contributed by atoms with E-state index < -0.39 is 0 Å². The molecule has 0 saturated carbocycles. The Kier molecular flexibility index (Phi) is 4.40. The summed E-state index contributed by atoms with van der Waals surface area (Å²) in [6.45, 7) is 0. The van der Waals surface area contributed by atoms with Gasteiger partial charge in [-0.25, -0.2) is 0 Å². The highest BCUT2D eigenvalue weighted by Crippen LogP contribution is 2.40. The number of hydrogen-bond donors (Lipinski definition) is 0. The molecule has 0 atom stereocenters. The minimum Gasteiger partial charge on any atom is -0.258 e. The van der Waals surface area contributed by atoms with Crippen molar-refractivity contribution < 1.29 is 4.92 Å². The van der Waals surface area contributed by atoms with Gasteiger partial charge in [-0.1, -0.05) is 42.5 Å². The van der Waals surface area contributed by atoms with Crippen LogP contribution in [0.5, 0.6) is 0 Å². The van der Waals surface area contributed by atoms with E-state index in [1.165, 1.54) is 6.07 Å². The molecule has 128 valence electrons. The number of aromatic nitrogens is 2. The Morgan fingerprint density at radius 1 is 0.846 bits per heavy atom. The minimum atomic E-state index is -0.363. The molecule has 7 heteroatoms. The summed E-state index contributed by atoms with van der Waals surface area (Å²) in [6, 6.07) is 18.7. The van der Waals surface area contributed by atoms with Crippen LogP contribution in [-0.4, -0.2) is 19.9 Å². The number of hydrogen-bond acceptors (Lipinski definition) is 6. The van der Waals surface area contributed by atoms with Crippen molar-refractivity contribution in [1.82, 2.24) is 8.75 Å². The molecule has 1 heterocycles. The quantitative estimate of drug-likeness (QED) is 0.260.